The molecule has 2 saturated heterocycles. The minimum atomic E-state index is -0.769. The molecule has 4 aliphatic carbocycles. The molecule has 168 valence electrons. The Morgan fingerprint density at radius 2 is 1.63 bits per heavy atom. The minimum absolute atomic E-state index is 0.106. The molecule has 0 bridgehead atoms. The third kappa shape index (κ3) is 2.27. The fourth-order valence-electron chi connectivity index (χ4n) is 9.03. The number of fused-ring (bicyclic) bond motifs is 5. The number of ether oxygens (including phenoxy) is 4. The molecule has 0 amide bonds. The van der Waals surface area contributed by atoms with Crippen molar-refractivity contribution in [1.29, 1.82) is 0 Å². The third-order valence-electron chi connectivity index (χ3n) is 10.2. The van der Waals surface area contributed by atoms with Gasteiger partial charge in [0.15, 0.2) is 0 Å². The van der Waals surface area contributed by atoms with E-state index in [-0.39, 0.29) is 5.41 Å². The van der Waals surface area contributed by atoms with Crippen LogP contribution >= 0.6 is 0 Å². The highest BCUT2D eigenvalue weighted by atomic mass is 16.8. The zero-order chi connectivity index (χ0) is 20.6. The van der Waals surface area contributed by atoms with E-state index in [1.807, 2.05) is 0 Å². The largest absolute Gasteiger partial charge is 0.399 e. The standard InChI is InChI=1S/C24H37NO5/c1-21-8-5-4-6-18(21)20(25-26-3)14-16-17(21)7-9-22(2)19(16)15-23-24(22,29-12-10-27-23)30-13-11-28-23/h16-19H,4-15H2,1-3H3/b25-20+/t16-,17+,18?,19+,21-,22+,23?,24?/m1/s1. The zero-order valence-corrected chi connectivity index (χ0v) is 18.8. The van der Waals surface area contributed by atoms with Gasteiger partial charge in [0.1, 0.15) is 7.11 Å². The summed E-state index contributed by atoms with van der Waals surface area (Å²) in [4.78, 5) is 5.37. The van der Waals surface area contributed by atoms with Gasteiger partial charge < -0.3 is 23.8 Å². The number of oxime groups is 1. The summed E-state index contributed by atoms with van der Waals surface area (Å²) in [5.74, 6) is 0.754. The van der Waals surface area contributed by atoms with Crippen LogP contribution in [0.1, 0.15) is 65.2 Å². The van der Waals surface area contributed by atoms with Gasteiger partial charge in [0.2, 0.25) is 11.6 Å². The van der Waals surface area contributed by atoms with Gasteiger partial charge in [0.25, 0.3) is 0 Å². The van der Waals surface area contributed by atoms with Crippen molar-refractivity contribution in [3.05, 3.63) is 0 Å². The molecule has 6 fully saturated rings. The van der Waals surface area contributed by atoms with Gasteiger partial charge in [-0.2, -0.15) is 0 Å². The van der Waals surface area contributed by atoms with E-state index in [1.165, 1.54) is 37.8 Å². The van der Waals surface area contributed by atoms with Crippen LogP contribution < -0.4 is 0 Å². The molecule has 0 radical (unpaired) electrons. The van der Waals surface area contributed by atoms with E-state index in [0.717, 1.165) is 19.3 Å². The van der Waals surface area contributed by atoms with Crippen LogP contribution in [0, 0.1) is 34.5 Å². The molecule has 4 saturated carbocycles. The molecule has 6 rings (SSSR count). The highest BCUT2D eigenvalue weighted by Gasteiger charge is 2.79. The molecule has 0 aromatic heterocycles. The molecule has 0 aromatic rings. The Kier molecular flexibility index (Phi) is 4.43. The molecule has 6 atom stereocenters. The minimum Gasteiger partial charge on any atom is -0.399 e. The lowest BCUT2D eigenvalue weighted by Gasteiger charge is -2.62. The van der Waals surface area contributed by atoms with Crippen LogP contribution in [0.2, 0.25) is 0 Å². The maximum atomic E-state index is 6.52. The summed E-state index contributed by atoms with van der Waals surface area (Å²) in [5.41, 5.74) is 1.50. The van der Waals surface area contributed by atoms with Gasteiger partial charge in [-0.05, 0) is 55.3 Å². The van der Waals surface area contributed by atoms with Gasteiger partial charge in [-0.3, -0.25) is 0 Å². The van der Waals surface area contributed by atoms with Crippen molar-refractivity contribution in [2.75, 3.05) is 33.5 Å². The van der Waals surface area contributed by atoms with E-state index < -0.39 is 11.6 Å². The van der Waals surface area contributed by atoms with Crippen LogP contribution in [-0.4, -0.2) is 50.8 Å². The molecular formula is C24H37NO5. The summed E-state index contributed by atoms with van der Waals surface area (Å²) in [6.07, 6.45) is 9.47. The molecule has 30 heavy (non-hydrogen) atoms. The number of hydrogen-bond acceptors (Lipinski definition) is 6. The van der Waals surface area contributed by atoms with Gasteiger partial charge in [0.05, 0.1) is 32.1 Å². The van der Waals surface area contributed by atoms with Crippen molar-refractivity contribution in [2.45, 2.75) is 76.8 Å². The Morgan fingerprint density at radius 1 is 0.900 bits per heavy atom. The SMILES string of the molecule is CO/N=C1\C[C@@H]2[C@H](CC[C@@]3(C)[C@H]2CC24OCCOC23OCCO4)[C@@]2(C)CCCCC12. The van der Waals surface area contributed by atoms with Gasteiger partial charge >= 0.3 is 0 Å². The third-order valence-corrected chi connectivity index (χ3v) is 10.2. The van der Waals surface area contributed by atoms with Crippen molar-refractivity contribution < 1.29 is 23.8 Å². The fraction of sp³-hybridized carbons (Fsp3) is 0.958. The number of nitrogens with zero attached hydrogens (tertiary/aromatic N) is 1. The average molecular weight is 420 g/mol. The second-order valence-electron chi connectivity index (χ2n) is 11.1. The lowest BCUT2D eigenvalue weighted by molar-refractivity contribution is -0.474. The van der Waals surface area contributed by atoms with Crippen LogP contribution in [0.25, 0.3) is 0 Å². The van der Waals surface area contributed by atoms with E-state index in [4.69, 9.17) is 23.8 Å². The Morgan fingerprint density at radius 3 is 2.37 bits per heavy atom. The fourth-order valence-corrected chi connectivity index (χ4v) is 9.03. The highest BCUT2D eigenvalue weighted by molar-refractivity contribution is 5.88. The molecular weight excluding hydrogens is 382 g/mol. The monoisotopic (exact) mass is 419 g/mol. The second kappa shape index (κ2) is 6.66. The summed E-state index contributed by atoms with van der Waals surface area (Å²) in [5, 5.41) is 4.61. The van der Waals surface area contributed by atoms with Crippen LogP contribution in [-0.2, 0) is 23.8 Å². The van der Waals surface area contributed by atoms with Crippen LogP contribution in [0.3, 0.4) is 0 Å². The van der Waals surface area contributed by atoms with Crippen molar-refractivity contribution in [2.24, 2.45) is 39.7 Å². The van der Waals surface area contributed by atoms with Gasteiger partial charge in [-0.25, -0.2) is 0 Å². The highest BCUT2D eigenvalue weighted by Crippen LogP contribution is 2.72. The normalized spacial score (nSPS) is 56.3. The summed E-state index contributed by atoms with van der Waals surface area (Å²) in [7, 11) is 1.70. The summed E-state index contributed by atoms with van der Waals surface area (Å²) >= 11 is 0. The first-order valence-corrected chi connectivity index (χ1v) is 12.2. The molecule has 1 unspecified atom stereocenters. The quantitative estimate of drug-likeness (QED) is 0.598. The lowest BCUT2D eigenvalue weighted by atomic mass is 9.44. The van der Waals surface area contributed by atoms with Crippen LogP contribution in [0.5, 0.6) is 0 Å². The molecule has 0 spiro atoms. The smallest absolute Gasteiger partial charge is 0.229 e. The molecule has 0 N–H and O–H groups in total. The summed E-state index contributed by atoms with van der Waals surface area (Å²) < 4.78 is 25.8. The van der Waals surface area contributed by atoms with Crippen LogP contribution in [0.4, 0.5) is 0 Å². The van der Waals surface area contributed by atoms with Crippen molar-refractivity contribution in [1.82, 2.24) is 0 Å². The Balaban J connectivity index is 1.44. The maximum absolute atomic E-state index is 6.52. The Hall–Kier alpha value is -0.690. The van der Waals surface area contributed by atoms with E-state index in [0.29, 0.717) is 55.5 Å². The molecule has 0 aromatic carbocycles. The predicted molar refractivity (Wildman–Crippen MR) is 111 cm³/mol. The number of rotatable bonds is 1. The predicted octanol–water partition coefficient (Wildman–Crippen LogP) is 4.13. The lowest BCUT2D eigenvalue weighted by Crippen LogP contribution is -2.70. The summed E-state index contributed by atoms with van der Waals surface area (Å²) in [6, 6.07) is 0. The van der Waals surface area contributed by atoms with E-state index in [9.17, 15) is 0 Å². The molecule has 2 aliphatic heterocycles. The topological polar surface area (TPSA) is 58.5 Å². The first-order valence-electron chi connectivity index (χ1n) is 12.2. The van der Waals surface area contributed by atoms with Crippen LogP contribution in [0.15, 0.2) is 5.16 Å². The van der Waals surface area contributed by atoms with Gasteiger partial charge in [-0.15, -0.1) is 0 Å². The Bertz CT molecular complexity index is 727. The molecule has 6 heteroatoms. The van der Waals surface area contributed by atoms with Crippen molar-refractivity contribution in [3.63, 3.8) is 0 Å². The first kappa shape index (κ1) is 20.0. The van der Waals surface area contributed by atoms with Crippen molar-refractivity contribution >= 4 is 5.71 Å². The summed E-state index contributed by atoms with van der Waals surface area (Å²) in [6.45, 7) is 7.26. The van der Waals surface area contributed by atoms with E-state index in [2.05, 4.69) is 19.0 Å². The van der Waals surface area contributed by atoms with Gasteiger partial charge in [-0.1, -0.05) is 31.8 Å². The first-order chi connectivity index (χ1) is 14.5. The second-order valence-corrected chi connectivity index (χ2v) is 11.1. The van der Waals surface area contributed by atoms with E-state index >= 15 is 0 Å². The molecule has 2 heterocycles. The zero-order valence-electron chi connectivity index (χ0n) is 18.8. The van der Waals surface area contributed by atoms with E-state index in [1.54, 1.807) is 7.11 Å². The van der Waals surface area contributed by atoms with Gasteiger partial charge in [0, 0.05) is 17.8 Å². The Labute approximate surface area is 180 Å². The number of hydrogen-bond donors (Lipinski definition) is 0. The van der Waals surface area contributed by atoms with Crippen molar-refractivity contribution in [3.8, 4) is 0 Å². The molecule has 6 nitrogen and oxygen atoms in total. The average Bonchev–Trinajstić information content (AvgIpc) is 3.00. The maximum Gasteiger partial charge on any atom is 0.229 e. The molecule has 6 aliphatic rings.